The van der Waals surface area contributed by atoms with Crippen LogP contribution in [0.3, 0.4) is 0 Å². The Morgan fingerprint density at radius 1 is 1.47 bits per heavy atom. The molecule has 1 N–H and O–H groups in total. The first-order valence-electron chi connectivity index (χ1n) is 6.54. The van der Waals surface area contributed by atoms with Gasteiger partial charge in [-0.2, -0.15) is 5.26 Å². The highest BCUT2D eigenvalue weighted by Gasteiger charge is 2.35. The lowest BCUT2D eigenvalue weighted by Crippen LogP contribution is -2.49. The summed E-state index contributed by atoms with van der Waals surface area (Å²) >= 11 is 3.35. The van der Waals surface area contributed by atoms with Gasteiger partial charge in [-0.25, -0.2) is 0 Å². The average molecular weight is 321 g/mol. The number of carbonyl (C=O) groups is 1. The number of nitrogens with one attached hydrogen (secondary N) is 1. The van der Waals surface area contributed by atoms with Crippen molar-refractivity contribution in [1.82, 2.24) is 5.32 Å². The highest BCUT2D eigenvalue weighted by molar-refractivity contribution is 9.10. The standard InChI is InChI=1S/C15H17BrN2O/c1-11-5-7-15(10-17,8-6-11)18-14(19)12-3-2-4-13(16)9-12/h2-4,9,11H,5-8H2,1H3,(H,18,19). The van der Waals surface area contributed by atoms with Gasteiger partial charge in [0.15, 0.2) is 0 Å². The molecule has 4 heteroatoms. The molecule has 1 saturated carbocycles. The van der Waals surface area contributed by atoms with Crippen LogP contribution in [-0.2, 0) is 0 Å². The quantitative estimate of drug-likeness (QED) is 0.904. The fourth-order valence-electron chi connectivity index (χ4n) is 2.44. The van der Waals surface area contributed by atoms with Crippen molar-refractivity contribution in [2.75, 3.05) is 0 Å². The van der Waals surface area contributed by atoms with Crippen LogP contribution < -0.4 is 5.32 Å². The molecule has 0 heterocycles. The number of hydrogen-bond donors (Lipinski definition) is 1. The third kappa shape index (κ3) is 3.36. The van der Waals surface area contributed by atoms with Gasteiger partial charge in [0.2, 0.25) is 0 Å². The van der Waals surface area contributed by atoms with Crippen molar-refractivity contribution < 1.29 is 4.79 Å². The maximum Gasteiger partial charge on any atom is 0.252 e. The molecule has 1 amide bonds. The topological polar surface area (TPSA) is 52.9 Å². The van der Waals surface area contributed by atoms with Crippen molar-refractivity contribution in [2.24, 2.45) is 5.92 Å². The van der Waals surface area contributed by atoms with Crippen molar-refractivity contribution in [3.05, 3.63) is 34.3 Å². The number of halogens is 1. The van der Waals surface area contributed by atoms with E-state index in [1.54, 1.807) is 12.1 Å². The summed E-state index contributed by atoms with van der Waals surface area (Å²) in [4.78, 5) is 12.2. The van der Waals surface area contributed by atoms with Crippen molar-refractivity contribution in [2.45, 2.75) is 38.1 Å². The summed E-state index contributed by atoms with van der Waals surface area (Å²) in [6, 6.07) is 9.53. The second-order valence-electron chi connectivity index (χ2n) is 5.34. The molecule has 19 heavy (non-hydrogen) atoms. The molecule has 0 radical (unpaired) electrons. The second-order valence-corrected chi connectivity index (χ2v) is 6.26. The van der Waals surface area contributed by atoms with E-state index in [1.165, 1.54) is 0 Å². The lowest BCUT2D eigenvalue weighted by Gasteiger charge is -2.34. The number of nitriles is 1. The first-order chi connectivity index (χ1) is 9.04. The Morgan fingerprint density at radius 3 is 2.74 bits per heavy atom. The third-order valence-corrected chi connectivity index (χ3v) is 4.27. The highest BCUT2D eigenvalue weighted by Crippen LogP contribution is 2.31. The Balaban J connectivity index is 2.11. The molecule has 1 fully saturated rings. The molecule has 0 atom stereocenters. The maximum absolute atomic E-state index is 12.2. The van der Waals surface area contributed by atoms with Gasteiger partial charge >= 0.3 is 0 Å². The Hall–Kier alpha value is -1.34. The van der Waals surface area contributed by atoms with Crippen LogP contribution in [0.2, 0.25) is 0 Å². The highest BCUT2D eigenvalue weighted by atomic mass is 79.9. The van der Waals surface area contributed by atoms with E-state index >= 15 is 0 Å². The summed E-state index contributed by atoms with van der Waals surface area (Å²) in [5, 5.41) is 12.3. The van der Waals surface area contributed by atoms with Gasteiger partial charge in [-0.3, -0.25) is 4.79 Å². The van der Waals surface area contributed by atoms with Gasteiger partial charge in [0, 0.05) is 10.0 Å². The van der Waals surface area contributed by atoms with Crippen molar-refractivity contribution in [3.8, 4) is 6.07 Å². The minimum absolute atomic E-state index is 0.169. The molecule has 1 aliphatic carbocycles. The van der Waals surface area contributed by atoms with E-state index in [4.69, 9.17) is 0 Å². The summed E-state index contributed by atoms with van der Waals surface area (Å²) in [7, 11) is 0. The molecule has 0 aromatic heterocycles. The number of nitrogens with zero attached hydrogens (tertiary/aromatic N) is 1. The number of benzene rings is 1. The number of carbonyl (C=O) groups excluding carboxylic acids is 1. The zero-order valence-corrected chi connectivity index (χ0v) is 12.5. The van der Waals surface area contributed by atoms with E-state index < -0.39 is 5.54 Å². The van der Waals surface area contributed by atoms with E-state index in [0.29, 0.717) is 11.5 Å². The molecule has 100 valence electrons. The molecule has 0 unspecified atom stereocenters. The first kappa shape index (κ1) is 14.1. The van der Waals surface area contributed by atoms with Gasteiger partial charge < -0.3 is 5.32 Å². The number of rotatable bonds is 2. The van der Waals surface area contributed by atoms with E-state index in [0.717, 1.165) is 30.2 Å². The normalized spacial score (nSPS) is 26.5. The average Bonchev–Trinajstić information content (AvgIpc) is 2.42. The predicted molar refractivity (Wildman–Crippen MR) is 77.6 cm³/mol. The summed E-state index contributed by atoms with van der Waals surface area (Å²) in [6.07, 6.45) is 3.47. The molecule has 0 aliphatic heterocycles. The molecule has 2 rings (SSSR count). The molecule has 0 bridgehead atoms. The molecule has 1 aromatic rings. The van der Waals surface area contributed by atoms with E-state index in [-0.39, 0.29) is 5.91 Å². The zero-order chi connectivity index (χ0) is 13.9. The van der Waals surface area contributed by atoms with Crippen LogP contribution in [0.15, 0.2) is 28.7 Å². The van der Waals surface area contributed by atoms with E-state index in [1.807, 2.05) is 12.1 Å². The van der Waals surface area contributed by atoms with Crippen LogP contribution in [0.1, 0.15) is 43.0 Å². The molecule has 0 saturated heterocycles. The van der Waals surface area contributed by atoms with Crippen LogP contribution in [0.4, 0.5) is 0 Å². The van der Waals surface area contributed by atoms with Gasteiger partial charge in [0.25, 0.3) is 5.91 Å². The molecular formula is C15H17BrN2O. The Morgan fingerprint density at radius 2 is 2.16 bits per heavy atom. The number of hydrogen-bond acceptors (Lipinski definition) is 2. The predicted octanol–water partition coefficient (Wildman–Crippen LogP) is 3.65. The number of amides is 1. The van der Waals surface area contributed by atoms with Gasteiger partial charge in [0.05, 0.1) is 6.07 Å². The SMILES string of the molecule is CC1CCC(C#N)(NC(=O)c2cccc(Br)c2)CC1. The van der Waals surface area contributed by atoms with Gasteiger partial charge in [0.1, 0.15) is 5.54 Å². The maximum atomic E-state index is 12.2. The molecule has 1 aliphatic rings. The Kier molecular flexibility index (Phi) is 4.26. The van der Waals surface area contributed by atoms with Crippen LogP contribution in [0, 0.1) is 17.2 Å². The fourth-order valence-corrected chi connectivity index (χ4v) is 2.84. The van der Waals surface area contributed by atoms with E-state index in [9.17, 15) is 10.1 Å². The largest absolute Gasteiger partial charge is 0.334 e. The Labute approximate surface area is 122 Å². The molecule has 1 aromatic carbocycles. The van der Waals surface area contributed by atoms with Crippen molar-refractivity contribution >= 4 is 21.8 Å². The lowest BCUT2D eigenvalue weighted by molar-refractivity contribution is 0.0894. The molecule has 0 spiro atoms. The monoisotopic (exact) mass is 320 g/mol. The third-order valence-electron chi connectivity index (χ3n) is 3.78. The van der Waals surface area contributed by atoms with E-state index in [2.05, 4.69) is 34.2 Å². The summed E-state index contributed by atoms with van der Waals surface area (Å²) < 4.78 is 0.864. The van der Waals surface area contributed by atoms with Crippen molar-refractivity contribution in [1.29, 1.82) is 5.26 Å². The van der Waals surface area contributed by atoms with Gasteiger partial charge in [-0.15, -0.1) is 0 Å². The minimum Gasteiger partial charge on any atom is -0.334 e. The van der Waals surface area contributed by atoms with Crippen LogP contribution >= 0.6 is 15.9 Å². The smallest absolute Gasteiger partial charge is 0.252 e. The fraction of sp³-hybridized carbons (Fsp3) is 0.467. The summed E-state index contributed by atoms with van der Waals surface area (Å²) in [5.41, 5.74) is -0.103. The lowest BCUT2D eigenvalue weighted by atomic mass is 9.78. The Bertz CT molecular complexity index is 513. The molecular weight excluding hydrogens is 304 g/mol. The second kappa shape index (κ2) is 5.75. The first-order valence-corrected chi connectivity index (χ1v) is 7.33. The van der Waals surface area contributed by atoms with Crippen LogP contribution in [-0.4, -0.2) is 11.4 Å². The van der Waals surface area contributed by atoms with Crippen LogP contribution in [0.25, 0.3) is 0 Å². The molecule has 3 nitrogen and oxygen atoms in total. The summed E-state index contributed by atoms with van der Waals surface area (Å²) in [5.74, 6) is 0.474. The van der Waals surface area contributed by atoms with Gasteiger partial charge in [-0.1, -0.05) is 28.9 Å². The van der Waals surface area contributed by atoms with Crippen LogP contribution in [0.5, 0.6) is 0 Å². The summed E-state index contributed by atoms with van der Waals surface area (Å²) in [6.45, 7) is 2.19. The van der Waals surface area contributed by atoms with Crippen molar-refractivity contribution in [3.63, 3.8) is 0 Å². The van der Waals surface area contributed by atoms with Gasteiger partial charge in [-0.05, 0) is 49.8 Å². The zero-order valence-electron chi connectivity index (χ0n) is 10.9. The minimum atomic E-state index is -0.689.